The van der Waals surface area contributed by atoms with E-state index in [2.05, 4.69) is 25.2 Å². The standard InChI is InChI=1S/C19H23N3O2S2/c1-13-17(19(2,3)4)25-18(22(13)12-14-9-10-14)21-26(23,24)16-8-6-5-7-15(16)11-20/h5-8,14H,9-10,12H2,1-4H3. The molecule has 1 aromatic heterocycles. The second kappa shape index (κ2) is 6.67. The Kier molecular flexibility index (Phi) is 4.84. The molecule has 0 aliphatic heterocycles. The lowest BCUT2D eigenvalue weighted by atomic mass is 9.93. The maximum atomic E-state index is 12.9. The lowest BCUT2D eigenvalue weighted by Gasteiger charge is -2.17. The zero-order valence-corrected chi connectivity index (χ0v) is 17.1. The van der Waals surface area contributed by atoms with Crippen molar-refractivity contribution >= 4 is 21.4 Å². The van der Waals surface area contributed by atoms with E-state index in [0.717, 1.165) is 17.1 Å². The average Bonchev–Trinajstić information content (AvgIpc) is 3.33. The highest BCUT2D eigenvalue weighted by Gasteiger charge is 2.28. The van der Waals surface area contributed by atoms with Crippen LogP contribution in [0.25, 0.3) is 0 Å². The molecule has 1 aromatic carbocycles. The Morgan fingerprint density at radius 3 is 2.54 bits per heavy atom. The second-order valence-corrected chi connectivity index (χ2v) is 10.3. The summed E-state index contributed by atoms with van der Waals surface area (Å²) >= 11 is 1.43. The third-order valence-corrected chi connectivity index (χ3v) is 7.51. The van der Waals surface area contributed by atoms with Crippen LogP contribution < -0.4 is 4.80 Å². The number of sulfonamides is 1. The number of rotatable bonds is 4. The monoisotopic (exact) mass is 389 g/mol. The minimum absolute atomic E-state index is 0.0381. The van der Waals surface area contributed by atoms with Gasteiger partial charge in [-0.25, -0.2) is 0 Å². The van der Waals surface area contributed by atoms with Crippen molar-refractivity contribution in [3.63, 3.8) is 0 Å². The number of hydrogen-bond donors (Lipinski definition) is 0. The molecule has 1 fully saturated rings. The lowest BCUT2D eigenvalue weighted by Crippen LogP contribution is -2.20. The molecule has 0 N–H and O–H groups in total. The number of hydrogen-bond acceptors (Lipinski definition) is 4. The van der Waals surface area contributed by atoms with Crippen molar-refractivity contribution in [2.75, 3.05) is 0 Å². The molecule has 0 radical (unpaired) electrons. The van der Waals surface area contributed by atoms with Crippen LogP contribution in [0.3, 0.4) is 0 Å². The van der Waals surface area contributed by atoms with Crippen LogP contribution in [0.1, 0.15) is 49.7 Å². The summed E-state index contributed by atoms with van der Waals surface area (Å²) in [6.07, 6.45) is 2.35. The molecule has 1 saturated carbocycles. The molecule has 2 aromatic rings. The quantitative estimate of drug-likeness (QED) is 0.799. The molecular formula is C19H23N3O2S2. The molecule has 0 unspecified atom stereocenters. The Balaban J connectivity index is 2.20. The molecule has 3 rings (SSSR count). The topological polar surface area (TPSA) is 75.2 Å². The zero-order chi connectivity index (χ0) is 19.1. The predicted octanol–water partition coefficient (Wildman–Crippen LogP) is 3.73. The molecule has 0 atom stereocenters. The van der Waals surface area contributed by atoms with Gasteiger partial charge in [0.05, 0.1) is 5.56 Å². The van der Waals surface area contributed by atoms with Gasteiger partial charge in [-0.15, -0.1) is 15.7 Å². The average molecular weight is 390 g/mol. The largest absolute Gasteiger partial charge is 0.320 e. The number of benzene rings is 1. The summed E-state index contributed by atoms with van der Waals surface area (Å²) in [5.41, 5.74) is 1.12. The minimum atomic E-state index is -3.95. The number of nitriles is 1. The van der Waals surface area contributed by atoms with Crippen LogP contribution in [0.4, 0.5) is 0 Å². The maximum Gasteiger partial charge on any atom is 0.286 e. The van der Waals surface area contributed by atoms with Gasteiger partial charge in [0.15, 0.2) is 0 Å². The van der Waals surface area contributed by atoms with Gasteiger partial charge < -0.3 is 4.57 Å². The van der Waals surface area contributed by atoms with Crippen molar-refractivity contribution in [1.29, 1.82) is 5.26 Å². The first kappa shape index (κ1) is 18.9. The highest BCUT2D eigenvalue weighted by molar-refractivity contribution is 7.90. The molecule has 138 valence electrons. The third-order valence-electron chi connectivity index (χ3n) is 4.46. The highest BCUT2D eigenvalue weighted by Crippen LogP contribution is 2.33. The van der Waals surface area contributed by atoms with Crippen LogP contribution >= 0.6 is 11.3 Å². The summed E-state index contributed by atoms with van der Waals surface area (Å²) in [4.78, 5) is 1.59. The molecule has 1 aliphatic carbocycles. The number of aromatic nitrogens is 1. The van der Waals surface area contributed by atoms with E-state index >= 15 is 0 Å². The van der Waals surface area contributed by atoms with E-state index in [1.807, 2.05) is 17.6 Å². The van der Waals surface area contributed by atoms with Crippen molar-refractivity contribution in [3.8, 4) is 6.07 Å². The predicted molar refractivity (Wildman–Crippen MR) is 102 cm³/mol. The van der Waals surface area contributed by atoms with E-state index in [-0.39, 0.29) is 15.9 Å². The highest BCUT2D eigenvalue weighted by atomic mass is 32.2. The summed E-state index contributed by atoms with van der Waals surface area (Å²) in [7, 11) is -3.95. The van der Waals surface area contributed by atoms with Gasteiger partial charge in [-0.05, 0) is 43.2 Å². The minimum Gasteiger partial charge on any atom is -0.320 e. The van der Waals surface area contributed by atoms with Gasteiger partial charge >= 0.3 is 0 Å². The molecule has 7 heteroatoms. The molecular weight excluding hydrogens is 366 g/mol. The first-order valence-electron chi connectivity index (χ1n) is 8.64. The Morgan fingerprint density at radius 1 is 1.31 bits per heavy atom. The Labute approximate surface area is 158 Å². The first-order valence-corrected chi connectivity index (χ1v) is 10.9. The van der Waals surface area contributed by atoms with Crippen LogP contribution in [0.2, 0.25) is 0 Å². The summed E-state index contributed by atoms with van der Waals surface area (Å²) in [5, 5.41) is 9.23. The molecule has 0 amide bonds. The van der Waals surface area contributed by atoms with E-state index in [4.69, 9.17) is 0 Å². The molecule has 0 bridgehead atoms. The van der Waals surface area contributed by atoms with Crippen molar-refractivity contribution in [2.24, 2.45) is 10.3 Å². The second-order valence-electron chi connectivity index (χ2n) is 7.78. The van der Waals surface area contributed by atoms with Gasteiger partial charge in [0.2, 0.25) is 4.80 Å². The number of nitrogens with zero attached hydrogens (tertiary/aromatic N) is 3. The lowest BCUT2D eigenvalue weighted by molar-refractivity contribution is 0.562. The fourth-order valence-corrected chi connectivity index (χ4v) is 5.52. The number of thiazole rings is 1. The van der Waals surface area contributed by atoms with Crippen molar-refractivity contribution in [3.05, 3.63) is 45.2 Å². The van der Waals surface area contributed by atoms with E-state index in [1.54, 1.807) is 12.1 Å². The van der Waals surface area contributed by atoms with Gasteiger partial charge in [-0.1, -0.05) is 32.9 Å². The summed E-state index contributed by atoms with van der Waals surface area (Å²) in [5.74, 6) is 0.601. The van der Waals surface area contributed by atoms with E-state index in [0.29, 0.717) is 10.7 Å². The van der Waals surface area contributed by atoms with E-state index in [1.165, 1.54) is 36.3 Å². The summed E-state index contributed by atoms with van der Waals surface area (Å²) < 4.78 is 31.9. The van der Waals surface area contributed by atoms with Crippen molar-refractivity contribution < 1.29 is 8.42 Å². The molecule has 1 heterocycles. The molecule has 26 heavy (non-hydrogen) atoms. The maximum absolute atomic E-state index is 12.9. The van der Waals surface area contributed by atoms with Gasteiger partial charge in [-0.2, -0.15) is 13.7 Å². The van der Waals surface area contributed by atoms with E-state index in [9.17, 15) is 13.7 Å². The molecule has 1 aliphatic rings. The molecule has 5 nitrogen and oxygen atoms in total. The fourth-order valence-electron chi connectivity index (χ4n) is 2.96. The first-order chi connectivity index (χ1) is 12.1. The summed E-state index contributed by atoms with van der Waals surface area (Å²) in [6, 6.07) is 8.15. The normalized spacial score (nSPS) is 15.9. The Bertz CT molecular complexity index is 1040. The van der Waals surface area contributed by atoms with Gasteiger partial charge in [-0.3, -0.25) is 0 Å². The van der Waals surface area contributed by atoms with Crippen LogP contribution in [0.5, 0.6) is 0 Å². The van der Waals surface area contributed by atoms with Crippen LogP contribution in [0.15, 0.2) is 33.6 Å². The van der Waals surface area contributed by atoms with Gasteiger partial charge in [0.1, 0.15) is 11.0 Å². The van der Waals surface area contributed by atoms with Crippen LogP contribution in [0, 0.1) is 24.2 Å². The third kappa shape index (κ3) is 3.76. The molecule has 0 spiro atoms. The van der Waals surface area contributed by atoms with Crippen LogP contribution in [-0.2, 0) is 22.0 Å². The Morgan fingerprint density at radius 2 is 1.96 bits per heavy atom. The SMILES string of the molecule is Cc1c(C(C)(C)C)sc(=NS(=O)(=O)c2ccccc2C#N)n1CC1CC1. The zero-order valence-electron chi connectivity index (χ0n) is 15.5. The van der Waals surface area contributed by atoms with Gasteiger partial charge in [0, 0.05) is 17.1 Å². The molecule has 0 saturated heterocycles. The fraction of sp³-hybridized carbons (Fsp3) is 0.474. The smallest absolute Gasteiger partial charge is 0.286 e. The van der Waals surface area contributed by atoms with Crippen molar-refractivity contribution in [2.45, 2.75) is 57.4 Å². The van der Waals surface area contributed by atoms with E-state index < -0.39 is 10.0 Å². The van der Waals surface area contributed by atoms with Gasteiger partial charge in [0.25, 0.3) is 10.0 Å². The van der Waals surface area contributed by atoms with Crippen LogP contribution in [-0.4, -0.2) is 13.0 Å². The Hall–Kier alpha value is -1.91. The van der Waals surface area contributed by atoms with Crippen molar-refractivity contribution in [1.82, 2.24) is 4.57 Å². The summed E-state index contributed by atoms with van der Waals surface area (Å²) in [6.45, 7) is 9.20.